The molecule has 0 aliphatic heterocycles. The Morgan fingerprint density at radius 2 is 2.27 bits per heavy atom. The van der Waals surface area contributed by atoms with E-state index >= 15 is 0 Å². The molecule has 2 heterocycles. The van der Waals surface area contributed by atoms with Gasteiger partial charge in [-0.1, -0.05) is 5.16 Å². The van der Waals surface area contributed by atoms with E-state index in [2.05, 4.69) is 20.4 Å². The highest BCUT2D eigenvalue weighted by Gasteiger charge is 2.07. The second kappa shape index (κ2) is 4.27. The molecule has 5 heteroatoms. The molecule has 5 nitrogen and oxygen atoms in total. The van der Waals surface area contributed by atoms with Gasteiger partial charge in [0.1, 0.15) is 5.76 Å². The summed E-state index contributed by atoms with van der Waals surface area (Å²) in [6.07, 6.45) is 3.48. The number of hydrogen-bond donors (Lipinski definition) is 2. The summed E-state index contributed by atoms with van der Waals surface area (Å²) in [5.74, 6) is 0.879. The van der Waals surface area contributed by atoms with Crippen molar-refractivity contribution in [2.45, 2.75) is 26.9 Å². The van der Waals surface area contributed by atoms with Crippen molar-refractivity contribution >= 4 is 0 Å². The Balaban J connectivity index is 1.89. The third kappa shape index (κ3) is 2.24. The van der Waals surface area contributed by atoms with Crippen LogP contribution >= 0.6 is 0 Å². The average molecular weight is 206 g/mol. The van der Waals surface area contributed by atoms with Crippen LogP contribution in [0.2, 0.25) is 0 Å². The largest absolute Gasteiger partial charge is 0.361 e. The maximum atomic E-state index is 5.07. The minimum atomic E-state index is 0.764. The topological polar surface area (TPSA) is 66.7 Å². The quantitative estimate of drug-likeness (QED) is 0.791. The van der Waals surface area contributed by atoms with Crippen LogP contribution in [0.4, 0.5) is 0 Å². The molecule has 0 aromatic carbocycles. The van der Waals surface area contributed by atoms with Gasteiger partial charge in [0.25, 0.3) is 0 Å². The monoisotopic (exact) mass is 206 g/mol. The van der Waals surface area contributed by atoms with E-state index in [9.17, 15) is 0 Å². The summed E-state index contributed by atoms with van der Waals surface area (Å²) < 4.78 is 5.07. The molecule has 0 amide bonds. The molecule has 0 bridgehead atoms. The molecule has 0 aliphatic rings. The highest BCUT2D eigenvalue weighted by molar-refractivity contribution is 5.20. The van der Waals surface area contributed by atoms with Crippen LogP contribution in [0.3, 0.4) is 0 Å². The van der Waals surface area contributed by atoms with Crippen LogP contribution in [-0.4, -0.2) is 15.1 Å². The van der Waals surface area contributed by atoms with Gasteiger partial charge in [0.2, 0.25) is 0 Å². The first kappa shape index (κ1) is 9.92. The molecule has 0 unspecified atom stereocenters. The number of aryl methyl sites for hydroxylation is 2. The van der Waals surface area contributed by atoms with E-state index in [0.717, 1.165) is 35.8 Å². The van der Waals surface area contributed by atoms with Gasteiger partial charge in [0.05, 0.1) is 12.0 Å². The smallest absolute Gasteiger partial charge is 0.138 e. The number of hydrogen-bond acceptors (Lipinski definition) is 4. The highest BCUT2D eigenvalue weighted by Crippen LogP contribution is 2.11. The predicted molar refractivity (Wildman–Crippen MR) is 55.1 cm³/mol. The molecule has 80 valence electrons. The third-order valence-electron chi connectivity index (χ3n) is 2.35. The zero-order chi connectivity index (χ0) is 10.7. The summed E-state index contributed by atoms with van der Waals surface area (Å²) >= 11 is 0. The van der Waals surface area contributed by atoms with Crippen LogP contribution in [0.15, 0.2) is 17.0 Å². The second-order valence-corrected chi connectivity index (χ2v) is 3.48. The van der Waals surface area contributed by atoms with Gasteiger partial charge >= 0.3 is 0 Å². The van der Waals surface area contributed by atoms with Gasteiger partial charge in [0.15, 0.2) is 0 Å². The zero-order valence-electron chi connectivity index (χ0n) is 8.87. The molecular weight excluding hydrogens is 192 g/mol. The summed E-state index contributed by atoms with van der Waals surface area (Å²) in [5, 5.41) is 7.20. The van der Waals surface area contributed by atoms with Gasteiger partial charge in [-0.2, -0.15) is 0 Å². The fourth-order valence-corrected chi connectivity index (χ4v) is 1.46. The van der Waals surface area contributed by atoms with E-state index in [4.69, 9.17) is 4.52 Å². The lowest BCUT2D eigenvalue weighted by Crippen LogP contribution is -2.13. The molecule has 2 aromatic rings. The first-order valence-electron chi connectivity index (χ1n) is 4.87. The molecule has 0 aliphatic carbocycles. The molecule has 0 fully saturated rings. The van der Waals surface area contributed by atoms with E-state index in [0.29, 0.717) is 0 Å². The molecule has 2 aromatic heterocycles. The van der Waals surface area contributed by atoms with E-state index in [1.54, 1.807) is 12.5 Å². The number of rotatable bonds is 4. The number of nitrogens with zero attached hydrogens (tertiary/aromatic N) is 2. The minimum Gasteiger partial charge on any atom is -0.361 e. The van der Waals surface area contributed by atoms with Gasteiger partial charge in [0, 0.05) is 30.5 Å². The Morgan fingerprint density at radius 1 is 1.40 bits per heavy atom. The lowest BCUT2D eigenvalue weighted by Gasteiger charge is -2.01. The molecule has 0 radical (unpaired) electrons. The van der Waals surface area contributed by atoms with Crippen LogP contribution < -0.4 is 5.32 Å². The molecule has 0 atom stereocenters. The van der Waals surface area contributed by atoms with Crippen LogP contribution in [0.1, 0.15) is 22.7 Å². The van der Waals surface area contributed by atoms with E-state index in [1.807, 2.05) is 13.8 Å². The van der Waals surface area contributed by atoms with Gasteiger partial charge in [-0.15, -0.1) is 0 Å². The van der Waals surface area contributed by atoms with Crippen molar-refractivity contribution in [1.29, 1.82) is 0 Å². The minimum absolute atomic E-state index is 0.764. The van der Waals surface area contributed by atoms with Crippen molar-refractivity contribution in [2.75, 3.05) is 0 Å². The summed E-state index contributed by atoms with van der Waals surface area (Å²) in [6.45, 7) is 5.40. The zero-order valence-corrected chi connectivity index (χ0v) is 8.87. The van der Waals surface area contributed by atoms with E-state index < -0.39 is 0 Å². The summed E-state index contributed by atoms with van der Waals surface area (Å²) in [5.41, 5.74) is 3.15. The van der Waals surface area contributed by atoms with Crippen molar-refractivity contribution < 1.29 is 4.52 Å². The average Bonchev–Trinajstić information content (AvgIpc) is 2.82. The predicted octanol–water partition coefficient (Wildman–Crippen LogP) is 1.30. The number of H-pyrrole nitrogens is 1. The summed E-state index contributed by atoms with van der Waals surface area (Å²) in [4.78, 5) is 6.98. The fourth-order valence-electron chi connectivity index (χ4n) is 1.46. The van der Waals surface area contributed by atoms with Crippen LogP contribution in [0.25, 0.3) is 0 Å². The standard InChI is InChI=1S/C10H14N4O/c1-7-10(8(2)15-14-7)5-11-3-9-4-12-6-13-9/h4,6,11H,3,5H2,1-2H3,(H,12,13). The van der Waals surface area contributed by atoms with Crippen molar-refractivity contribution in [2.24, 2.45) is 0 Å². The van der Waals surface area contributed by atoms with Gasteiger partial charge in [-0.3, -0.25) is 0 Å². The highest BCUT2D eigenvalue weighted by atomic mass is 16.5. The first-order chi connectivity index (χ1) is 7.27. The number of imidazole rings is 1. The normalized spacial score (nSPS) is 10.8. The Hall–Kier alpha value is -1.62. The second-order valence-electron chi connectivity index (χ2n) is 3.48. The van der Waals surface area contributed by atoms with E-state index in [-0.39, 0.29) is 0 Å². The Labute approximate surface area is 87.9 Å². The third-order valence-corrected chi connectivity index (χ3v) is 2.35. The van der Waals surface area contributed by atoms with Gasteiger partial charge < -0.3 is 14.8 Å². The lowest BCUT2D eigenvalue weighted by molar-refractivity contribution is 0.392. The molecule has 0 saturated carbocycles. The Bertz CT molecular complexity index is 399. The van der Waals surface area contributed by atoms with Gasteiger partial charge in [-0.05, 0) is 13.8 Å². The van der Waals surface area contributed by atoms with Crippen LogP contribution in [-0.2, 0) is 13.1 Å². The van der Waals surface area contributed by atoms with Gasteiger partial charge in [-0.25, -0.2) is 4.98 Å². The van der Waals surface area contributed by atoms with Crippen LogP contribution in [0, 0.1) is 13.8 Å². The SMILES string of the molecule is Cc1noc(C)c1CNCc1cnc[nH]1. The number of nitrogens with one attached hydrogen (secondary N) is 2. The molecule has 2 rings (SSSR count). The van der Waals surface area contributed by atoms with Crippen molar-refractivity contribution in [3.05, 3.63) is 35.2 Å². The Morgan fingerprint density at radius 3 is 2.87 bits per heavy atom. The summed E-state index contributed by atoms with van der Waals surface area (Å²) in [6, 6.07) is 0. The molecule has 0 spiro atoms. The maximum Gasteiger partial charge on any atom is 0.138 e. The van der Waals surface area contributed by atoms with Crippen molar-refractivity contribution in [1.82, 2.24) is 20.4 Å². The molecular formula is C10H14N4O. The number of aromatic nitrogens is 3. The molecule has 0 saturated heterocycles. The number of aromatic amines is 1. The summed E-state index contributed by atoms with van der Waals surface area (Å²) in [7, 11) is 0. The molecule has 15 heavy (non-hydrogen) atoms. The van der Waals surface area contributed by atoms with Crippen molar-refractivity contribution in [3.63, 3.8) is 0 Å². The lowest BCUT2D eigenvalue weighted by atomic mass is 10.2. The molecule has 2 N–H and O–H groups in total. The fraction of sp³-hybridized carbons (Fsp3) is 0.400. The van der Waals surface area contributed by atoms with E-state index in [1.165, 1.54) is 0 Å². The Kier molecular flexibility index (Phi) is 2.82. The first-order valence-corrected chi connectivity index (χ1v) is 4.87. The van der Waals surface area contributed by atoms with Crippen molar-refractivity contribution in [3.8, 4) is 0 Å². The maximum absolute atomic E-state index is 5.07. The van der Waals surface area contributed by atoms with Crippen LogP contribution in [0.5, 0.6) is 0 Å².